The molecule has 1 atom stereocenters. The summed E-state index contributed by atoms with van der Waals surface area (Å²) in [5, 5.41) is 14.7. The van der Waals surface area contributed by atoms with Crippen molar-refractivity contribution in [1.82, 2.24) is 9.78 Å². The first-order valence-electron chi connectivity index (χ1n) is 6.38. The second kappa shape index (κ2) is 8.33. The highest BCUT2D eigenvalue weighted by Crippen LogP contribution is 2.29. The van der Waals surface area contributed by atoms with Crippen LogP contribution in [0.25, 0.3) is 0 Å². The summed E-state index contributed by atoms with van der Waals surface area (Å²) in [6, 6.07) is 8.04. The zero-order chi connectivity index (χ0) is 15.2. The molecule has 1 aromatic heterocycles. The van der Waals surface area contributed by atoms with Gasteiger partial charge in [0.25, 0.3) is 0 Å². The lowest BCUT2D eigenvalue weighted by Gasteiger charge is -2.14. The van der Waals surface area contributed by atoms with Gasteiger partial charge in [-0.1, -0.05) is 15.9 Å². The van der Waals surface area contributed by atoms with Crippen LogP contribution in [0.4, 0.5) is 0 Å². The number of aliphatic hydroxyl groups excluding tert-OH is 1. The Balaban J connectivity index is 2.01. The van der Waals surface area contributed by atoms with Crippen molar-refractivity contribution in [3.8, 4) is 0 Å². The third-order valence-corrected chi connectivity index (χ3v) is 5.11. The molecular formula is C14H16Br2N2O2S. The molecule has 0 bridgehead atoms. The smallest absolute Gasteiger partial charge is 0.106 e. The van der Waals surface area contributed by atoms with Crippen LogP contribution >= 0.6 is 43.6 Å². The number of aliphatic hydroxyl groups is 1. The van der Waals surface area contributed by atoms with Crippen LogP contribution in [0.5, 0.6) is 0 Å². The molecule has 7 heteroatoms. The van der Waals surface area contributed by atoms with E-state index in [-0.39, 0.29) is 0 Å². The van der Waals surface area contributed by atoms with Crippen LogP contribution in [0.3, 0.4) is 0 Å². The maximum absolute atomic E-state index is 10.4. The summed E-state index contributed by atoms with van der Waals surface area (Å²) in [5.74, 6) is 0.568. The molecule has 114 valence electrons. The number of ether oxygens (including phenoxy) is 1. The van der Waals surface area contributed by atoms with Gasteiger partial charge < -0.3 is 9.84 Å². The van der Waals surface area contributed by atoms with Gasteiger partial charge in [-0.3, -0.25) is 4.68 Å². The lowest BCUT2D eigenvalue weighted by atomic mass is 10.3. The van der Waals surface area contributed by atoms with E-state index in [4.69, 9.17) is 4.74 Å². The van der Waals surface area contributed by atoms with Crippen LogP contribution in [-0.4, -0.2) is 34.4 Å². The largest absolute Gasteiger partial charge is 0.386 e. The summed E-state index contributed by atoms with van der Waals surface area (Å²) in [7, 11) is 1.65. The number of methoxy groups -OCH3 is 1. The predicted octanol–water partition coefficient (Wildman–Crippen LogP) is 3.88. The molecule has 0 saturated heterocycles. The standard InChI is InChI=1S/C14H16Br2N2O2S/c1-20-7-6-18-14(12(16)8-17-18)13(19)9-21-11-4-2-10(15)3-5-11/h2-5,8,13,19H,6-7,9H2,1H3. The van der Waals surface area contributed by atoms with Crippen LogP contribution in [0, 0.1) is 0 Å². The van der Waals surface area contributed by atoms with Gasteiger partial charge in [0.05, 0.1) is 29.5 Å². The number of benzene rings is 1. The van der Waals surface area contributed by atoms with Gasteiger partial charge in [-0.2, -0.15) is 5.10 Å². The maximum atomic E-state index is 10.4. The number of thioether (sulfide) groups is 1. The van der Waals surface area contributed by atoms with Crippen molar-refractivity contribution < 1.29 is 9.84 Å². The Bertz CT molecular complexity index is 575. The van der Waals surface area contributed by atoms with Crippen LogP contribution in [-0.2, 0) is 11.3 Å². The highest BCUT2D eigenvalue weighted by atomic mass is 79.9. The van der Waals surface area contributed by atoms with Crippen molar-refractivity contribution in [1.29, 1.82) is 0 Å². The van der Waals surface area contributed by atoms with E-state index in [1.165, 1.54) is 0 Å². The average molecular weight is 436 g/mol. The minimum Gasteiger partial charge on any atom is -0.386 e. The van der Waals surface area contributed by atoms with Crippen LogP contribution in [0.1, 0.15) is 11.8 Å². The van der Waals surface area contributed by atoms with Crippen molar-refractivity contribution in [3.05, 3.63) is 45.1 Å². The summed E-state index contributed by atoms with van der Waals surface area (Å²) >= 11 is 8.47. The quantitative estimate of drug-likeness (QED) is 0.670. The van der Waals surface area contributed by atoms with Crippen molar-refractivity contribution in [2.24, 2.45) is 0 Å². The lowest BCUT2D eigenvalue weighted by molar-refractivity contribution is 0.166. The Hall–Kier alpha value is -0.340. The van der Waals surface area contributed by atoms with E-state index in [0.29, 0.717) is 18.9 Å². The number of hydrogen-bond donors (Lipinski definition) is 1. The highest BCUT2D eigenvalue weighted by Gasteiger charge is 2.18. The molecule has 0 saturated carbocycles. The topological polar surface area (TPSA) is 47.3 Å². The zero-order valence-electron chi connectivity index (χ0n) is 11.5. The SMILES string of the molecule is COCCn1ncc(Br)c1C(O)CSc1ccc(Br)cc1. The van der Waals surface area contributed by atoms with Crippen molar-refractivity contribution in [3.63, 3.8) is 0 Å². The molecule has 21 heavy (non-hydrogen) atoms. The van der Waals surface area contributed by atoms with E-state index >= 15 is 0 Å². The molecule has 0 aliphatic heterocycles. The summed E-state index contributed by atoms with van der Waals surface area (Å²) in [6.45, 7) is 1.19. The third kappa shape index (κ3) is 4.82. The van der Waals surface area contributed by atoms with Crippen LogP contribution < -0.4 is 0 Å². The van der Waals surface area contributed by atoms with E-state index in [0.717, 1.165) is 19.5 Å². The Kier molecular flexibility index (Phi) is 6.75. The van der Waals surface area contributed by atoms with Crippen molar-refractivity contribution >= 4 is 43.6 Å². The number of halogens is 2. The fraction of sp³-hybridized carbons (Fsp3) is 0.357. The summed E-state index contributed by atoms with van der Waals surface area (Å²) in [6.07, 6.45) is 1.12. The average Bonchev–Trinajstić information content (AvgIpc) is 2.85. The molecule has 0 radical (unpaired) electrons. The molecule has 4 nitrogen and oxygen atoms in total. The predicted molar refractivity (Wildman–Crippen MR) is 91.6 cm³/mol. The Morgan fingerprint density at radius 1 is 1.33 bits per heavy atom. The minimum atomic E-state index is -0.590. The molecule has 0 aliphatic rings. The number of rotatable bonds is 7. The molecule has 2 rings (SSSR count). The summed E-state index contributed by atoms with van der Waals surface area (Å²) in [5.41, 5.74) is 0.789. The minimum absolute atomic E-state index is 0.563. The molecule has 0 spiro atoms. The van der Waals surface area contributed by atoms with E-state index in [1.54, 1.807) is 29.8 Å². The first-order chi connectivity index (χ1) is 10.1. The third-order valence-electron chi connectivity index (χ3n) is 2.88. The number of aromatic nitrogens is 2. The Labute approximate surface area is 145 Å². The first kappa shape index (κ1) is 17.0. The molecule has 1 aromatic carbocycles. The van der Waals surface area contributed by atoms with Crippen LogP contribution in [0.2, 0.25) is 0 Å². The monoisotopic (exact) mass is 434 g/mol. The number of hydrogen-bond acceptors (Lipinski definition) is 4. The van der Waals surface area contributed by atoms with E-state index < -0.39 is 6.10 Å². The van der Waals surface area contributed by atoms with Gasteiger partial charge >= 0.3 is 0 Å². The summed E-state index contributed by atoms with van der Waals surface area (Å²) in [4.78, 5) is 1.12. The molecule has 1 heterocycles. The Morgan fingerprint density at radius 2 is 2.05 bits per heavy atom. The molecule has 0 amide bonds. The van der Waals surface area contributed by atoms with Crippen molar-refractivity contribution in [2.45, 2.75) is 17.5 Å². The maximum Gasteiger partial charge on any atom is 0.106 e. The molecule has 1 unspecified atom stereocenters. The zero-order valence-corrected chi connectivity index (χ0v) is 15.5. The lowest BCUT2D eigenvalue weighted by Crippen LogP contribution is -2.14. The van der Waals surface area contributed by atoms with E-state index in [1.807, 2.05) is 24.3 Å². The normalized spacial score (nSPS) is 12.6. The second-order valence-corrected chi connectivity index (χ2v) is 7.24. The summed E-state index contributed by atoms with van der Waals surface area (Å²) < 4.78 is 8.71. The fourth-order valence-corrected chi connectivity index (χ4v) is 3.51. The van der Waals surface area contributed by atoms with Gasteiger partial charge in [0.1, 0.15) is 6.10 Å². The molecular weight excluding hydrogens is 420 g/mol. The van der Waals surface area contributed by atoms with Gasteiger partial charge in [0.2, 0.25) is 0 Å². The van der Waals surface area contributed by atoms with Crippen molar-refractivity contribution in [2.75, 3.05) is 19.5 Å². The van der Waals surface area contributed by atoms with Gasteiger partial charge in [-0.05, 0) is 40.2 Å². The highest BCUT2D eigenvalue weighted by molar-refractivity contribution is 9.10. The molecule has 0 fully saturated rings. The van der Waals surface area contributed by atoms with Gasteiger partial charge in [0, 0.05) is 22.2 Å². The molecule has 2 aromatic rings. The first-order valence-corrected chi connectivity index (χ1v) is 8.95. The van der Waals surface area contributed by atoms with Gasteiger partial charge in [0.15, 0.2) is 0 Å². The molecule has 0 aliphatic carbocycles. The van der Waals surface area contributed by atoms with Gasteiger partial charge in [-0.25, -0.2) is 0 Å². The fourth-order valence-electron chi connectivity index (χ4n) is 1.84. The second-order valence-electron chi connectivity index (χ2n) is 4.37. The van der Waals surface area contributed by atoms with E-state index in [2.05, 4.69) is 37.0 Å². The van der Waals surface area contributed by atoms with Crippen LogP contribution in [0.15, 0.2) is 44.3 Å². The number of nitrogens with zero attached hydrogens (tertiary/aromatic N) is 2. The molecule has 1 N–H and O–H groups in total. The van der Waals surface area contributed by atoms with Gasteiger partial charge in [-0.15, -0.1) is 11.8 Å². The Morgan fingerprint density at radius 3 is 2.71 bits per heavy atom. The van der Waals surface area contributed by atoms with E-state index in [9.17, 15) is 5.11 Å².